The summed E-state index contributed by atoms with van der Waals surface area (Å²) < 4.78 is 0.618. The van der Waals surface area contributed by atoms with E-state index in [4.69, 9.17) is 5.73 Å². The number of anilines is 1. The highest BCUT2D eigenvalue weighted by Crippen LogP contribution is 2.47. The maximum Gasteiger partial charge on any atom is 0.219 e. The normalized spacial score (nSPS) is 17.6. The lowest BCUT2D eigenvalue weighted by Gasteiger charge is -2.38. The van der Waals surface area contributed by atoms with Gasteiger partial charge in [-0.2, -0.15) is 5.26 Å². The minimum Gasteiger partial charge on any atom is -0.384 e. The van der Waals surface area contributed by atoms with Crippen LogP contribution in [0.15, 0.2) is 75.5 Å². The van der Waals surface area contributed by atoms with E-state index in [0.717, 1.165) is 22.4 Å². The van der Waals surface area contributed by atoms with Crippen molar-refractivity contribution in [1.29, 1.82) is 5.26 Å². The summed E-state index contributed by atoms with van der Waals surface area (Å²) in [6, 6.07) is 17.6. The van der Waals surface area contributed by atoms with Gasteiger partial charge in [-0.3, -0.25) is 14.5 Å². The first kappa shape index (κ1) is 24.9. The molecule has 1 aromatic heterocycles. The van der Waals surface area contributed by atoms with Crippen LogP contribution in [0.25, 0.3) is 0 Å². The van der Waals surface area contributed by atoms with E-state index in [9.17, 15) is 14.9 Å². The lowest BCUT2D eigenvalue weighted by atomic mass is 9.75. The first-order valence-corrected chi connectivity index (χ1v) is 13.8. The Balaban J connectivity index is 1.48. The fraction of sp³-hybridized carbons (Fsp3) is 0.250. The number of rotatable bonds is 6. The summed E-state index contributed by atoms with van der Waals surface area (Å²) >= 11 is 2.61. The number of thioether (sulfide) groups is 1. The number of Topliss-reactive ketones (excluding diaryl/α,β-unsaturated/α-hetero) is 2. The molecule has 0 radical (unpaired) electrons. The Hall–Kier alpha value is -3.74. The number of nitrogens with two attached hydrogens (primary N) is 1. The summed E-state index contributed by atoms with van der Waals surface area (Å²) in [7, 11) is 0. The number of hydrogen-bond acceptors (Lipinski definition) is 9. The Bertz CT molecular complexity index is 1500. The number of benzene rings is 2. The second-order valence-electron chi connectivity index (χ2n) is 9.10. The average Bonchev–Trinajstić information content (AvgIpc) is 3.36. The van der Waals surface area contributed by atoms with Crippen molar-refractivity contribution in [2.24, 2.45) is 5.73 Å². The van der Waals surface area contributed by atoms with Gasteiger partial charge in [-0.1, -0.05) is 77.2 Å². The standard InChI is InChI=1S/C28H25N5O2S2/c1-16-10-12-18(13-11-16)23(35)15-36-28-32-31-27(37-28)33-21-8-5-9-22(34)25(21)24(20(14-29)26(33)30)19-7-4-3-6-17(19)2/h3-4,6-7,10-13,24H,5,8-9,15,30H2,1-2H3. The molecule has 2 aliphatic rings. The number of nitriles is 1. The van der Waals surface area contributed by atoms with E-state index in [2.05, 4.69) is 16.3 Å². The Kier molecular flexibility index (Phi) is 6.96. The molecule has 5 rings (SSSR count). The maximum absolute atomic E-state index is 13.3. The Morgan fingerprint density at radius 1 is 1.16 bits per heavy atom. The van der Waals surface area contributed by atoms with E-state index in [-0.39, 0.29) is 23.1 Å². The zero-order chi connectivity index (χ0) is 26.1. The van der Waals surface area contributed by atoms with Gasteiger partial charge in [0.1, 0.15) is 5.82 Å². The Morgan fingerprint density at radius 2 is 1.92 bits per heavy atom. The monoisotopic (exact) mass is 527 g/mol. The van der Waals surface area contributed by atoms with Crippen molar-refractivity contribution < 1.29 is 9.59 Å². The van der Waals surface area contributed by atoms with Gasteiger partial charge < -0.3 is 5.73 Å². The molecule has 0 saturated heterocycles. The van der Waals surface area contributed by atoms with Crippen molar-refractivity contribution in [3.05, 3.63) is 93.4 Å². The topological polar surface area (TPSA) is 113 Å². The first-order valence-electron chi connectivity index (χ1n) is 12.0. The smallest absolute Gasteiger partial charge is 0.219 e. The van der Waals surface area contributed by atoms with Crippen LogP contribution in [0, 0.1) is 25.2 Å². The minimum absolute atomic E-state index is 0.00911. The second-order valence-corrected chi connectivity index (χ2v) is 11.3. The highest BCUT2D eigenvalue weighted by atomic mass is 32.2. The third-order valence-electron chi connectivity index (χ3n) is 6.70. The molecule has 0 spiro atoms. The molecule has 0 saturated carbocycles. The van der Waals surface area contributed by atoms with Crippen molar-refractivity contribution in [2.45, 2.75) is 43.4 Å². The van der Waals surface area contributed by atoms with E-state index in [0.29, 0.717) is 45.4 Å². The van der Waals surface area contributed by atoms with Crippen molar-refractivity contribution >= 4 is 39.8 Å². The number of aromatic nitrogens is 2. The van der Waals surface area contributed by atoms with Gasteiger partial charge in [0, 0.05) is 23.3 Å². The van der Waals surface area contributed by atoms with Gasteiger partial charge in [-0.25, -0.2) is 0 Å². The van der Waals surface area contributed by atoms with Crippen molar-refractivity contribution in [1.82, 2.24) is 10.2 Å². The van der Waals surface area contributed by atoms with Gasteiger partial charge in [0.2, 0.25) is 5.13 Å². The number of nitrogens with zero attached hydrogens (tertiary/aromatic N) is 4. The molecule has 9 heteroatoms. The van der Waals surface area contributed by atoms with Gasteiger partial charge in [0.15, 0.2) is 15.9 Å². The summed E-state index contributed by atoms with van der Waals surface area (Å²) in [5.41, 5.74) is 12.0. The summed E-state index contributed by atoms with van der Waals surface area (Å²) in [6.45, 7) is 3.96. The molecule has 2 heterocycles. The van der Waals surface area contributed by atoms with Gasteiger partial charge >= 0.3 is 0 Å². The predicted octanol–water partition coefficient (Wildman–Crippen LogP) is 5.43. The van der Waals surface area contributed by atoms with E-state index < -0.39 is 5.92 Å². The molecule has 0 fully saturated rings. The molecule has 1 unspecified atom stereocenters. The van der Waals surface area contributed by atoms with E-state index in [1.165, 1.54) is 23.1 Å². The van der Waals surface area contributed by atoms with E-state index >= 15 is 0 Å². The zero-order valence-corrected chi connectivity index (χ0v) is 22.2. The van der Waals surface area contributed by atoms with Crippen LogP contribution >= 0.6 is 23.1 Å². The quantitative estimate of drug-likeness (QED) is 0.333. The second kappa shape index (κ2) is 10.3. The van der Waals surface area contributed by atoms with Crippen LogP contribution in [0.4, 0.5) is 5.13 Å². The third kappa shape index (κ3) is 4.70. The SMILES string of the molecule is Cc1ccc(C(=O)CSc2nnc(N3C(N)=C(C#N)C(c4ccccc4C)C4=C3CCCC4=O)s2)cc1. The maximum atomic E-state index is 13.3. The Labute approximate surface area is 223 Å². The molecule has 2 aromatic carbocycles. The molecule has 1 aliphatic carbocycles. The molecule has 1 atom stereocenters. The van der Waals surface area contributed by atoms with Crippen LogP contribution in [0.5, 0.6) is 0 Å². The molecule has 0 bridgehead atoms. The summed E-state index contributed by atoms with van der Waals surface area (Å²) in [4.78, 5) is 27.6. The van der Waals surface area contributed by atoms with Gasteiger partial charge in [0.05, 0.1) is 23.3 Å². The van der Waals surface area contributed by atoms with Gasteiger partial charge in [-0.15, -0.1) is 10.2 Å². The van der Waals surface area contributed by atoms with Crippen LogP contribution in [-0.4, -0.2) is 27.5 Å². The molecule has 3 aromatic rings. The van der Waals surface area contributed by atoms with Gasteiger partial charge in [-0.05, 0) is 37.8 Å². The minimum atomic E-state index is -0.501. The van der Waals surface area contributed by atoms with E-state index in [1.807, 2.05) is 62.4 Å². The van der Waals surface area contributed by atoms with E-state index in [1.54, 1.807) is 4.90 Å². The fourth-order valence-corrected chi connectivity index (χ4v) is 6.60. The van der Waals surface area contributed by atoms with Crippen LogP contribution in [0.1, 0.15) is 52.2 Å². The van der Waals surface area contributed by atoms with Crippen molar-refractivity contribution in [3.8, 4) is 6.07 Å². The highest BCUT2D eigenvalue weighted by molar-refractivity contribution is 8.01. The summed E-state index contributed by atoms with van der Waals surface area (Å²) in [6.07, 6.45) is 1.79. The number of carbonyl (C=O) groups is 2. The Morgan fingerprint density at radius 3 is 2.65 bits per heavy atom. The molecule has 2 N–H and O–H groups in total. The first-order chi connectivity index (χ1) is 17.9. The predicted molar refractivity (Wildman–Crippen MR) is 145 cm³/mol. The third-order valence-corrected chi connectivity index (χ3v) is 8.74. The summed E-state index contributed by atoms with van der Waals surface area (Å²) in [5.74, 6) is 0.0398. The summed E-state index contributed by atoms with van der Waals surface area (Å²) in [5, 5.41) is 19.3. The van der Waals surface area contributed by atoms with Crippen LogP contribution in [0.2, 0.25) is 0 Å². The largest absolute Gasteiger partial charge is 0.384 e. The van der Waals surface area contributed by atoms with Crippen LogP contribution < -0.4 is 10.6 Å². The molecule has 37 heavy (non-hydrogen) atoms. The lowest BCUT2D eigenvalue weighted by Crippen LogP contribution is -2.38. The number of aryl methyl sites for hydroxylation is 2. The molecule has 7 nitrogen and oxygen atoms in total. The van der Waals surface area contributed by atoms with Crippen LogP contribution in [-0.2, 0) is 4.79 Å². The number of allylic oxidation sites excluding steroid dienone is 3. The number of ketones is 2. The van der Waals surface area contributed by atoms with Gasteiger partial charge in [0.25, 0.3) is 0 Å². The van der Waals surface area contributed by atoms with Crippen LogP contribution in [0.3, 0.4) is 0 Å². The van der Waals surface area contributed by atoms with Crippen molar-refractivity contribution in [2.75, 3.05) is 10.7 Å². The molecule has 1 aliphatic heterocycles. The van der Waals surface area contributed by atoms with Crippen molar-refractivity contribution in [3.63, 3.8) is 0 Å². The number of hydrogen-bond donors (Lipinski definition) is 1. The molecular formula is C28H25N5O2S2. The average molecular weight is 528 g/mol. The zero-order valence-electron chi connectivity index (χ0n) is 20.5. The lowest BCUT2D eigenvalue weighted by molar-refractivity contribution is -0.116. The molecule has 186 valence electrons. The molecular weight excluding hydrogens is 502 g/mol. The number of carbonyl (C=O) groups excluding carboxylic acids is 2. The fourth-order valence-electron chi connectivity index (χ4n) is 4.83. The molecule has 0 amide bonds. The highest BCUT2D eigenvalue weighted by Gasteiger charge is 2.41.